The lowest BCUT2D eigenvalue weighted by Gasteiger charge is -2.32. The first kappa shape index (κ1) is 18.9. The van der Waals surface area contributed by atoms with E-state index in [4.69, 9.17) is 0 Å². The number of likely N-dealkylation sites (tertiary alicyclic amines) is 1. The first-order valence-corrected chi connectivity index (χ1v) is 9.24. The number of nitrogens with zero attached hydrogens (tertiary/aromatic N) is 2. The van der Waals surface area contributed by atoms with E-state index in [1.165, 1.54) is 0 Å². The Hall–Kier alpha value is -1.86. The number of benzene rings is 1. The zero-order valence-corrected chi connectivity index (χ0v) is 14.8. The van der Waals surface area contributed by atoms with Crippen LogP contribution in [0.25, 0.3) is 0 Å². The Balaban J connectivity index is 1.46. The number of piperazine rings is 1. The summed E-state index contributed by atoms with van der Waals surface area (Å²) in [6, 6.07) is 3.00. The van der Waals surface area contributed by atoms with Gasteiger partial charge in [-0.1, -0.05) is 0 Å². The lowest BCUT2D eigenvalue weighted by atomic mass is 9.88. The summed E-state index contributed by atoms with van der Waals surface area (Å²) < 4.78 is 27.1. The van der Waals surface area contributed by atoms with Crippen molar-refractivity contribution in [3.8, 4) is 0 Å². The molecule has 26 heavy (non-hydrogen) atoms. The lowest BCUT2D eigenvalue weighted by Crippen LogP contribution is -2.47. The minimum absolute atomic E-state index is 0.155. The number of Topliss-reactive ketones (excluding diaryl/α,β-unsaturated/α-hetero) is 1. The molecule has 0 aliphatic carbocycles. The lowest BCUT2D eigenvalue weighted by molar-refractivity contribution is -0.132. The number of hydrogen-bond acceptors (Lipinski definition) is 4. The van der Waals surface area contributed by atoms with Crippen molar-refractivity contribution in [1.29, 1.82) is 0 Å². The average Bonchev–Trinajstić information content (AvgIpc) is 2.68. The van der Waals surface area contributed by atoms with Crippen molar-refractivity contribution in [2.24, 2.45) is 5.92 Å². The quantitative estimate of drug-likeness (QED) is 0.807. The molecule has 0 atom stereocenters. The molecule has 0 unspecified atom stereocenters. The largest absolute Gasteiger partial charge is 0.340 e. The van der Waals surface area contributed by atoms with Gasteiger partial charge >= 0.3 is 0 Å². The predicted molar refractivity (Wildman–Crippen MR) is 93.9 cm³/mol. The second-order valence-electron chi connectivity index (χ2n) is 6.99. The molecule has 1 aromatic carbocycles. The van der Waals surface area contributed by atoms with Gasteiger partial charge in [-0.25, -0.2) is 8.78 Å². The SMILES string of the molecule is O=C(c1cc(F)ccc1F)C1CCN(CCC(=O)N2CCNCC2)CC1. The topological polar surface area (TPSA) is 52.7 Å². The second-order valence-corrected chi connectivity index (χ2v) is 6.99. The summed E-state index contributed by atoms with van der Waals surface area (Å²) in [6.07, 6.45) is 1.70. The number of piperidine rings is 1. The molecule has 0 saturated carbocycles. The molecule has 2 aliphatic heterocycles. The maximum atomic E-state index is 13.8. The molecule has 0 bridgehead atoms. The van der Waals surface area contributed by atoms with Gasteiger partial charge < -0.3 is 15.1 Å². The summed E-state index contributed by atoms with van der Waals surface area (Å²) >= 11 is 0. The third-order valence-electron chi connectivity index (χ3n) is 5.26. The molecule has 2 heterocycles. The van der Waals surface area contributed by atoms with Crippen molar-refractivity contribution >= 4 is 11.7 Å². The minimum atomic E-state index is -0.666. The molecule has 1 aromatic rings. The first-order valence-electron chi connectivity index (χ1n) is 9.24. The van der Waals surface area contributed by atoms with E-state index in [0.717, 1.165) is 44.4 Å². The van der Waals surface area contributed by atoms with Crippen LogP contribution in [-0.4, -0.2) is 67.3 Å². The predicted octanol–water partition coefficient (Wildman–Crippen LogP) is 1.68. The van der Waals surface area contributed by atoms with Crippen LogP contribution in [0.4, 0.5) is 8.78 Å². The third kappa shape index (κ3) is 4.65. The molecule has 0 spiro atoms. The monoisotopic (exact) mass is 365 g/mol. The Morgan fingerprint density at radius 1 is 1.08 bits per heavy atom. The molecule has 2 aliphatic rings. The van der Waals surface area contributed by atoms with E-state index in [9.17, 15) is 18.4 Å². The molecule has 1 amide bonds. The van der Waals surface area contributed by atoms with Gasteiger partial charge in [-0.05, 0) is 44.1 Å². The van der Waals surface area contributed by atoms with Gasteiger partial charge in [0.25, 0.3) is 0 Å². The molecule has 2 saturated heterocycles. The fourth-order valence-electron chi connectivity index (χ4n) is 3.65. The highest BCUT2D eigenvalue weighted by Crippen LogP contribution is 2.23. The van der Waals surface area contributed by atoms with Gasteiger partial charge in [0.05, 0.1) is 5.56 Å². The fraction of sp³-hybridized carbons (Fsp3) is 0.579. The summed E-state index contributed by atoms with van der Waals surface area (Å²) in [5.74, 6) is -1.70. The second kappa shape index (κ2) is 8.68. The van der Waals surface area contributed by atoms with Gasteiger partial charge in [0.1, 0.15) is 11.6 Å². The number of hydrogen-bond donors (Lipinski definition) is 1. The Morgan fingerprint density at radius 3 is 2.46 bits per heavy atom. The molecule has 7 heteroatoms. The molecule has 1 N–H and O–H groups in total. The standard InChI is InChI=1S/C19H25F2N3O2/c20-15-1-2-17(21)16(13-15)19(26)14-3-8-23(9-4-14)10-5-18(25)24-11-6-22-7-12-24/h1-2,13-14,22H,3-12H2. The van der Waals surface area contributed by atoms with Crippen LogP contribution in [0, 0.1) is 17.6 Å². The van der Waals surface area contributed by atoms with Crippen LogP contribution >= 0.6 is 0 Å². The van der Waals surface area contributed by atoms with E-state index in [1.807, 2.05) is 4.90 Å². The van der Waals surface area contributed by atoms with Crippen LogP contribution in [0.2, 0.25) is 0 Å². The van der Waals surface area contributed by atoms with E-state index in [-0.39, 0.29) is 23.2 Å². The fourth-order valence-corrected chi connectivity index (χ4v) is 3.65. The first-order chi connectivity index (χ1) is 12.5. The molecular formula is C19H25F2N3O2. The summed E-state index contributed by atoms with van der Waals surface area (Å²) in [5.41, 5.74) is -0.155. The average molecular weight is 365 g/mol. The molecule has 5 nitrogen and oxygen atoms in total. The van der Waals surface area contributed by atoms with Gasteiger partial charge in [-0.15, -0.1) is 0 Å². The number of nitrogens with one attached hydrogen (secondary N) is 1. The zero-order chi connectivity index (χ0) is 18.5. The van der Waals surface area contributed by atoms with Gasteiger partial charge in [-0.3, -0.25) is 9.59 Å². The Morgan fingerprint density at radius 2 is 1.77 bits per heavy atom. The normalized spacial score (nSPS) is 19.5. The summed E-state index contributed by atoms with van der Waals surface area (Å²) in [6.45, 7) is 5.28. The maximum Gasteiger partial charge on any atom is 0.223 e. The van der Waals surface area contributed by atoms with Crippen molar-refractivity contribution in [2.45, 2.75) is 19.3 Å². The van der Waals surface area contributed by atoms with Crippen LogP contribution in [0.3, 0.4) is 0 Å². The van der Waals surface area contributed by atoms with Crippen LogP contribution in [0.15, 0.2) is 18.2 Å². The van der Waals surface area contributed by atoms with Crippen LogP contribution in [0.5, 0.6) is 0 Å². The number of carbonyl (C=O) groups is 2. The Kier molecular flexibility index (Phi) is 6.32. The van der Waals surface area contributed by atoms with E-state index < -0.39 is 11.6 Å². The Labute approximate surface area is 152 Å². The van der Waals surface area contributed by atoms with Gasteiger partial charge in [0.15, 0.2) is 5.78 Å². The highest BCUT2D eigenvalue weighted by atomic mass is 19.1. The van der Waals surface area contributed by atoms with E-state index in [1.54, 1.807) is 0 Å². The number of rotatable bonds is 5. The van der Waals surface area contributed by atoms with E-state index in [2.05, 4.69) is 10.2 Å². The number of amides is 1. The highest BCUT2D eigenvalue weighted by Gasteiger charge is 2.28. The minimum Gasteiger partial charge on any atom is -0.340 e. The number of halogens is 2. The number of ketones is 1. The van der Waals surface area contributed by atoms with Gasteiger partial charge in [0, 0.05) is 45.1 Å². The van der Waals surface area contributed by atoms with E-state index in [0.29, 0.717) is 38.9 Å². The van der Waals surface area contributed by atoms with Gasteiger partial charge in [0.2, 0.25) is 5.91 Å². The molecule has 142 valence electrons. The summed E-state index contributed by atoms with van der Waals surface area (Å²) in [5, 5.41) is 3.22. The van der Waals surface area contributed by atoms with Gasteiger partial charge in [-0.2, -0.15) is 0 Å². The Bertz CT molecular complexity index is 654. The van der Waals surface area contributed by atoms with Crippen molar-refractivity contribution in [1.82, 2.24) is 15.1 Å². The molecule has 0 radical (unpaired) electrons. The molecule has 3 rings (SSSR count). The van der Waals surface area contributed by atoms with Crippen molar-refractivity contribution in [3.63, 3.8) is 0 Å². The summed E-state index contributed by atoms with van der Waals surface area (Å²) in [4.78, 5) is 28.7. The maximum absolute atomic E-state index is 13.8. The molecule has 2 fully saturated rings. The van der Waals surface area contributed by atoms with Crippen LogP contribution in [0.1, 0.15) is 29.6 Å². The van der Waals surface area contributed by atoms with Crippen LogP contribution < -0.4 is 5.32 Å². The van der Waals surface area contributed by atoms with E-state index >= 15 is 0 Å². The molecule has 0 aromatic heterocycles. The van der Waals surface area contributed by atoms with Crippen molar-refractivity contribution < 1.29 is 18.4 Å². The van der Waals surface area contributed by atoms with Crippen molar-refractivity contribution in [2.75, 3.05) is 45.8 Å². The summed E-state index contributed by atoms with van der Waals surface area (Å²) in [7, 11) is 0. The smallest absolute Gasteiger partial charge is 0.223 e. The number of carbonyl (C=O) groups excluding carboxylic acids is 2. The third-order valence-corrected chi connectivity index (χ3v) is 5.26. The highest BCUT2D eigenvalue weighted by molar-refractivity contribution is 5.98. The van der Waals surface area contributed by atoms with Crippen LogP contribution in [-0.2, 0) is 4.79 Å². The molecular weight excluding hydrogens is 340 g/mol. The van der Waals surface area contributed by atoms with Crippen molar-refractivity contribution in [3.05, 3.63) is 35.4 Å². The zero-order valence-electron chi connectivity index (χ0n) is 14.8.